The summed E-state index contributed by atoms with van der Waals surface area (Å²) in [5.41, 5.74) is 2.91. The van der Waals surface area contributed by atoms with Crippen LogP contribution in [0.1, 0.15) is 43.7 Å². The van der Waals surface area contributed by atoms with Crippen LogP contribution in [0, 0.1) is 6.92 Å². The average molecular weight is 385 g/mol. The summed E-state index contributed by atoms with van der Waals surface area (Å²) in [5, 5.41) is 6.04. The second kappa shape index (κ2) is 11.3. The van der Waals surface area contributed by atoms with E-state index in [0.29, 0.717) is 11.5 Å². The van der Waals surface area contributed by atoms with Gasteiger partial charge in [-0.15, -0.1) is 0 Å². The van der Waals surface area contributed by atoms with Crippen molar-refractivity contribution in [1.29, 1.82) is 0 Å². The van der Waals surface area contributed by atoms with E-state index in [9.17, 15) is 4.79 Å². The van der Waals surface area contributed by atoms with Crippen molar-refractivity contribution in [3.8, 4) is 5.75 Å². The summed E-state index contributed by atoms with van der Waals surface area (Å²) >= 11 is 5.23. The van der Waals surface area contributed by atoms with Gasteiger partial charge in [0.25, 0.3) is 0 Å². The molecule has 27 heavy (non-hydrogen) atoms. The van der Waals surface area contributed by atoms with Gasteiger partial charge in [0.05, 0.1) is 13.0 Å². The van der Waals surface area contributed by atoms with Gasteiger partial charge in [0.15, 0.2) is 5.11 Å². The number of ether oxygens (including phenoxy) is 1. The summed E-state index contributed by atoms with van der Waals surface area (Å²) in [6.45, 7) is 4.93. The molecule has 0 aliphatic rings. The number of hydrogen-bond acceptors (Lipinski definition) is 3. The Labute approximate surface area is 167 Å². The van der Waals surface area contributed by atoms with Crippen molar-refractivity contribution in [3.05, 3.63) is 59.7 Å². The fraction of sp³-hybridized carbons (Fsp3) is 0.364. The Bertz CT molecular complexity index is 744. The number of carbonyl (C=O) groups excluding carboxylic acids is 1. The largest absolute Gasteiger partial charge is 0.494 e. The molecule has 2 N–H and O–H groups in total. The Kier molecular flexibility index (Phi) is 8.78. The maximum absolute atomic E-state index is 12.2. The topological polar surface area (TPSA) is 50.4 Å². The maximum Gasteiger partial charge on any atom is 0.230 e. The van der Waals surface area contributed by atoms with Gasteiger partial charge in [0, 0.05) is 5.69 Å². The van der Waals surface area contributed by atoms with E-state index in [-0.39, 0.29) is 5.91 Å². The number of rotatable bonds is 9. The molecule has 0 saturated carbocycles. The molecule has 0 bridgehead atoms. The van der Waals surface area contributed by atoms with Crippen molar-refractivity contribution in [3.63, 3.8) is 0 Å². The third-order valence-corrected chi connectivity index (χ3v) is 4.45. The van der Waals surface area contributed by atoms with E-state index in [2.05, 4.69) is 17.6 Å². The Morgan fingerprint density at radius 1 is 1.04 bits per heavy atom. The van der Waals surface area contributed by atoms with Gasteiger partial charge in [-0.3, -0.25) is 4.79 Å². The lowest BCUT2D eigenvalue weighted by Crippen LogP contribution is -2.35. The van der Waals surface area contributed by atoms with Gasteiger partial charge in [-0.1, -0.05) is 50.5 Å². The Morgan fingerprint density at radius 2 is 1.78 bits per heavy atom. The molecule has 0 fully saturated rings. The van der Waals surface area contributed by atoms with Crippen LogP contribution in [0.25, 0.3) is 0 Å². The molecule has 0 aliphatic carbocycles. The van der Waals surface area contributed by atoms with Gasteiger partial charge < -0.3 is 15.4 Å². The molecular weight excluding hydrogens is 356 g/mol. The molecule has 0 atom stereocenters. The molecule has 4 nitrogen and oxygen atoms in total. The Hall–Kier alpha value is -2.40. The molecule has 0 aliphatic heterocycles. The number of amides is 1. The molecular formula is C22H28N2O2S. The number of unbranched alkanes of at least 4 members (excludes halogenated alkanes) is 3. The fourth-order valence-corrected chi connectivity index (χ4v) is 2.90. The number of nitrogens with one attached hydrogen (secondary N) is 2. The lowest BCUT2D eigenvalue weighted by atomic mass is 10.1. The molecule has 0 aromatic heterocycles. The predicted molar refractivity (Wildman–Crippen MR) is 115 cm³/mol. The van der Waals surface area contributed by atoms with Gasteiger partial charge in [-0.05, 0) is 61.0 Å². The molecule has 2 aromatic carbocycles. The number of carbonyl (C=O) groups is 1. The van der Waals surface area contributed by atoms with Gasteiger partial charge in [-0.2, -0.15) is 0 Å². The first-order valence-corrected chi connectivity index (χ1v) is 9.87. The van der Waals surface area contributed by atoms with Gasteiger partial charge >= 0.3 is 0 Å². The molecule has 2 rings (SSSR count). The third-order valence-electron chi connectivity index (χ3n) is 4.24. The number of thiocarbonyl (C=S) groups is 1. The molecule has 0 radical (unpaired) electrons. The molecule has 0 saturated heterocycles. The monoisotopic (exact) mass is 384 g/mol. The summed E-state index contributed by atoms with van der Waals surface area (Å²) in [6.07, 6.45) is 5.05. The summed E-state index contributed by atoms with van der Waals surface area (Å²) in [4.78, 5) is 12.2. The Morgan fingerprint density at radius 3 is 2.48 bits per heavy atom. The highest BCUT2D eigenvalue weighted by Gasteiger charge is 2.08. The van der Waals surface area contributed by atoms with Gasteiger partial charge in [0.1, 0.15) is 5.75 Å². The molecule has 0 unspecified atom stereocenters. The van der Waals surface area contributed by atoms with E-state index in [4.69, 9.17) is 17.0 Å². The second-order valence-electron chi connectivity index (χ2n) is 6.54. The SMILES string of the molecule is CCCCCCOc1ccc(NC(=S)NC(=O)Cc2ccccc2C)cc1. The van der Waals surface area contributed by atoms with E-state index >= 15 is 0 Å². The summed E-state index contributed by atoms with van der Waals surface area (Å²) in [5.74, 6) is 0.709. The van der Waals surface area contributed by atoms with Crippen LogP contribution in [0.4, 0.5) is 5.69 Å². The minimum absolute atomic E-state index is 0.131. The Balaban J connectivity index is 1.75. The zero-order valence-corrected chi connectivity index (χ0v) is 16.9. The predicted octanol–water partition coefficient (Wildman–Crippen LogP) is 5.01. The lowest BCUT2D eigenvalue weighted by molar-refractivity contribution is -0.119. The van der Waals surface area contributed by atoms with Crippen LogP contribution < -0.4 is 15.4 Å². The number of benzene rings is 2. The van der Waals surface area contributed by atoms with Crippen molar-refractivity contribution in [2.75, 3.05) is 11.9 Å². The van der Waals surface area contributed by atoms with Crippen molar-refractivity contribution in [2.45, 2.75) is 46.0 Å². The molecule has 5 heteroatoms. The highest BCUT2D eigenvalue weighted by atomic mass is 32.1. The normalized spacial score (nSPS) is 10.3. The number of hydrogen-bond donors (Lipinski definition) is 2. The maximum atomic E-state index is 12.2. The zero-order valence-electron chi connectivity index (χ0n) is 16.1. The van der Waals surface area contributed by atoms with Crippen molar-refractivity contribution >= 4 is 28.9 Å². The van der Waals surface area contributed by atoms with E-state index < -0.39 is 0 Å². The van der Waals surface area contributed by atoms with E-state index in [1.165, 1.54) is 19.3 Å². The number of aryl methyl sites for hydroxylation is 1. The third kappa shape index (κ3) is 7.79. The first kappa shape index (κ1) is 20.9. The van der Waals surface area contributed by atoms with Crippen LogP contribution >= 0.6 is 12.2 Å². The summed E-state index contributed by atoms with van der Waals surface area (Å²) < 4.78 is 5.72. The smallest absolute Gasteiger partial charge is 0.230 e. The highest BCUT2D eigenvalue weighted by Crippen LogP contribution is 2.16. The van der Waals surface area contributed by atoms with Crippen LogP contribution in [0.3, 0.4) is 0 Å². The van der Waals surface area contributed by atoms with Crippen molar-refractivity contribution in [1.82, 2.24) is 5.32 Å². The van der Waals surface area contributed by atoms with Gasteiger partial charge in [-0.25, -0.2) is 0 Å². The van der Waals surface area contributed by atoms with Crippen LogP contribution in [-0.4, -0.2) is 17.6 Å². The van der Waals surface area contributed by atoms with Crippen molar-refractivity contribution in [2.24, 2.45) is 0 Å². The summed E-state index contributed by atoms with van der Waals surface area (Å²) in [7, 11) is 0. The summed E-state index contributed by atoms with van der Waals surface area (Å²) in [6, 6.07) is 15.4. The quantitative estimate of drug-likeness (QED) is 0.471. The first-order valence-electron chi connectivity index (χ1n) is 9.46. The van der Waals surface area contributed by atoms with Crippen molar-refractivity contribution < 1.29 is 9.53 Å². The lowest BCUT2D eigenvalue weighted by Gasteiger charge is -2.11. The van der Waals surface area contributed by atoms with Gasteiger partial charge in [0.2, 0.25) is 5.91 Å². The average Bonchev–Trinajstić information content (AvgIpc) is 2.64. The second-order valence-corrected chi connectivity index (χ2v) is 6.95. The van der Waals surface area contributed by atoms with Crippen LogP contribution in [-0.2, 0) is 11.2 Å². The molecule has 2 aromatic rings. The molecule has 0 heterocycles. The molecule has 144 valence electrons. The van der Waals surface area contributed by atoms with Crippen LogP contribution in [0.5, 0.6) is 5.75 Å². The molecule has 1 amide bonds. The van der Waals surface area contributed by atoms with Crippen LogP contribution in [0.2, 0.25) is 0 Å². The zero-order chi connectivity index (χ0) is 19.5. The fourth-order valence-electron chi connectivity index (χ4n) is 2.67. The number of anilines is 1. The molecule has 0 spiro atoms. The first-order chi connectivity index (χ1) is 13.1. The van der Waals surface area contributed by atoms with Crippen LogP contribution in [0.15, 0.2) is 48.5 Å². The minimum Gasteiger partial charge on any atom is -0.494 e. The highest BCUT2D eigenvalue weighted by molar-refractivity contribution is 7.80. The minimum atomic E-state index is -0.131. The van der Waals surface area contributed by atoms with E-state index in [0.717, 1.165) is 35.6 Å². The standard InChI is InChI=1S/C22H28N2O2S/c1-3-4-5-8-15-26-20-13-11-19(12-14-20)23-22(27)24-21(25)16-18-10-7-6-9-17(18)2/h6-7,9-14H,3-5,8,15-16H2,1-2H3,(H2,23,24,25,27). The van der Waals surface area contributed by atoms with E-state index in [1.807, 2.05) is 55.5 Å². The van der Waals surface area contributed by atoms with E-state index in [1.54, 1.807) is 0 Å².